The molecule has 20 heavy (non-hydrogen) atoms. The Labute approximate surface area is 123 Å². The third-order valence-corrected chi connectivity index (χ3v) is 2.05. The molecule has 0 unspecified atom stereocenters. The topological polar surface area (TPSA) is 26.0 Å². The molecule has 0 rings (SSSR count). The smallest absolute Gasteiger partial charge is 0.0744 e. The summed E-state index contributed by atoms with van der Waals surface area (Å²) in [5.74, 6) is 0. The van der Waals surface area contributed by atoms with Crippen LogP contribution in [0.1, 0.15) is 6.92 Å². The minimum atomic E-state index is -0.290. The molecule has 0 saturated heterocycles. The molecule has 2 atom stereocenters. The molecule has 0 heterocycles. The van der Waals surface area contributed by atoms with Crippen LogP contribution in [0, 0.1) is 0 Å². The first-order chi connectivity index (χ1) is 9.68. The fraction of sp³-hybridized carbons (Fsp3) is 0.167. The van der Waals surface area contributed by atoms with Gasteiger partial charge in [0, 0.05) is 6.04 Å². The van der Waals surface area contributed by atoms with Crippen molar-refractivity contribution in [1.82, 2.24) is 0 Å². The van der Waals surface area contributed by atoms with Gasteiger partial charge in [0.15, 0.2) is 0 Å². The lowest BCUT2D eigenvalue weighted by Crippen LogP contribution is -2.24. The minimum absolute atomic E-state index is 0.149. The van der Waals surface area contributed by atoms with Gasteiger partial charge in [-0.05, 0) is 82.6 Å². The van der Waals surface area contributed by atoms with Crippen molar-refractivity contribution in [3.05, 3.63) is 87.2 Å². The van der Waals surface area contributed by atoms with Crippen LogP contribution in [0.5, 0.6) is 0 Å². The molecule has 0 aliphatic rings. The van der Waals surface area contributed by atoms with Crippen molar-refractivity contribution in [2.45, 2.75) is 18.3 Å². The second-order valence-corrected chi connectivity index (χ2v) is 3.67. The average molecular weight is 276 g/mol. The van der Waals surface area contributed by atoms with Crippen molar-refractivity contribution < 1.29 is 0 Å². The van der Waals surface area contributed by atoms with Gasteiger partial charge in [0.25, 0.3) is 0 Å². The molecule has 0 aromatic rings. The molecule has 0 aromatic heterocycles. The predicted molar refractivity (Wildman–Crippen MR) is 79.2 cm³/mol. The van der Waals surface area contributed by atoms with Gasteiger partial charge in [-0.15, -0.1) is 11.6 Å². The van der Waals surface area contributed by atoms with Crippen LogP contribution >= 0.6 is 11.6 Å². The summed E-state index contributed by atoms with van der Waals surface area (Å²) in [5.41, 5.74) is 38.2. The van der Waals surface area contributed by atoms with Crippen molar-refractivity contribution in [3.63, 3.8) is 0 Å². The maximum Gasteiger partial charge on any atom is 0.0744 e. The van der Waals surface area contributed by atoms with E-state index in [4.69, 9.17) is 17.3 Å². The third kappa shape index (κ3) is 11.6. The quantitative estimate of drug-likeness (QED) is 0.608. The van der Waals surface area contributed by atoms with Gasteiger partial charge < -0.3 is 5.73 Å². The maximum absolute atomic E-state index is 5.85. The molecule has 0 amide bonds. The normalized spacial score (nSPS) is 8.95. The van der Waals surface area contributed by atoms with Crippen LogP contribution in [0.3, 0.4) is 0 Å². The lowest BCUT2D eigenvalue weighted by atomic mass is 10.2. The molecule has 0 aromatic carbocycles. The zero-order valence-electron chi connectivity index (χ0n) is 10.9. The maximum atomic E-state index is 5.85. The fourth-order valence-corrected chi connectivity index (χ4v) is 0.698. The summed E-state index contributed by atoms with van der Waals surface area (Å²) in [7, 11) is 0. The summed E-state index contributed by atoms with van der Waals surface area (Å²) in [5, 5.41) is -0.290. The Morgan fingerprint density at radius 1 is 0.850 bits per heavy atom. The van der Waals surface area contributed by atoms with E-state index in [0.717, 1.165) is 0 Å². The number of nitrogens with two attached hydrogens (primary N) is 1. The molecule has 0 fully saturated rings. The van der Waals surface area contributed by atoms with E-state index >= 15 is 0 Å². The first kappa shape index (κ1) is 17.1. The van der Waals surface area contributed by atoms with Crippen molar-refractivity contribution in [1.29, 1.82) is 0 Å². The number of halogens is 1. The van der Waals surface area contributed by atoms with Crippen molar-refractivity contribution in [2.24, 2.45) is 5.73 Å². The Morgan fingerprint density at radius 2 is 1.25 bits per heavy atom. The first-order valence-corrected chi connectivity index (χ1v) is 5.87. The summed E-state index contributed by atoms with van der Waals surface area (Å²) in [4.78, 5) is 0. The van der Waals surface area contributed by atoms with E-state index in [1.807, 2.05) is 0 Å². The van der Waals surface area contributed by atoms with Gasteiger partial charge in [-0.1, -0.05) is 11.5 Å². The average Bonchev–Trinajstić information content (AvgIpc) is 2.43. The summed E-state index contributed by atoms with van der Waals surface area (Å²) >= 11 is 5.85. The molecule has 94 valence electrons. The van der Waals surface area contributed by atoms with E-state index in [0.29, 0.717) is 0 Å². The standard InChI is InChI=1S/C18H10ClN/c1-3-4-5-6-7-8-9-10-11-12-13-14-15-16-18(19)17(2)20/h16-18H,1,20H2,2H3/t17-,18+/m0/s1. The molecule has 0 aliphatic heterocycles. The SMILES string of the molecule is C=C=C=C=C=C=C=C=C=C=C=C=C=C=C[C@@H](Cl)[C@H](C)N. The van der Waals surface area contributed by atoms with E-state index in [1.54, 1.807) is 13.0 Å². The van der Waals surface area contributed by atoms with E-state index < -0.39 is 0 Å². The molecule has 0 spiro atoms. The summed E-state index contributed by atoms with van der Waals surface area (Å²) in [6.07, 6.45) is 1.59. The second-order valence-electron chi connectivity index (χ2n) is 3.17. The van der Waals surface area contributed by atoms with Crippen LogP contribution in [0.2, 0.25) is 0 Å². The highest BCUT2D eigenvalue weighted by Gasteiger charge is 2.03. The van der Waals surface area contributed by atoms with Gasteiger partial charge in [-0.3, -0.25) is 0 Å². The molecule has 0 aliphatic carbocycles. The molecular weight excluding hydrogens is 266 g/mol. The zero-order chi connectivity index (χ0) is 15.1. The summed E-state index contributed by atoms with van der Waals surface area (Å²) < 4.78 is 0. The number of rotatable bonds is 2. The Morgan fingerprint density at radius 3 is 1.65 bits per heavy atom. The van der Waals surface area contributed by atoms with E-state index in [2.05, 4.69) is 81.1 Å². The van der Waals surface area contributed by atoms with Crippen molar-refractivity contribution >= 4 is 11.6 Å². The number of hydrogen-bond donors (Lipinski definition) is 1. The highest BCUT2D eigenvalue weighted by molar-refractivity contribution is 6.22. The van der Waals surface area contributed by atoms with Crippen LogP contribution < -0.4 is 5.73 Å². The van der Waals surface area contributed by atoms with Gasteiger partial charge >= 0.3 is 0 Å². The third-order valence-electron chi connectivity index (χ3n) is 1.53. The Balaban J connectivity index is 5.38. The van der Waals surface area contributed by atoms with Crippen LogP contribution in [0.15, 0.2) is 87.2 Å². The van der Waals surface area contributed by atoms with Crippen molar-refractivity contribution in [3.8, 4) is 0 Å². The molecular formula is C18H10ClN. The van der Waals surface area contributed by atoms with E-state index in [-0.39, 0.29) is 11.4 Å². The molecule has 0 radical (unpaired) electrons. The second kappa shape index (κ2) is 12.6. The fourth-order valence-electron chi connectivity index (χ4n) is 0.635. The summed E-state index contributed by atoms with van der Waals surface area (Å²) in [6.45, 7) is 5.10. The van der Waals surface area contributed by atoms with Gasteiger partial charge in [0.1, 0.15) is 0 Å². The molecule has 2 heteroatoms. The van der Waals surface area contributed by atoms with Crippen LogP contribution in [-0.4, -0.2) is 11.4 Å². The Bertz CT molecular complexity index is 822. The van der Waals surface area contributed by atoms with Crippen LogP contribution in [-0.2, 0) is 0 Å². The molecule has 2 N–H and O–H groups in total. The first-order valence-electron chi connectivity index (χ1n) is 5.44. The van der Waals surface area contributed by atoms with Crippen molar-refractivity contribution in [2.75, 3.05) is 0 Å². The summed E-state index contributed by atoms with van der Waals surface area (Å²) in [6, 6.07) is -0.149. The minimum Gasteiger partial charge on any atom is -0.326 e. The number of alkyl halides is 1. The monoisotopic (exact) mass is 275 g/mol. The Kier molecular flexibility index (Phi) is 10.8. The van der Waals surface area contributed by atoms with Gasteiger partial charge in [-0.2, -0.15) is 0 Å². The predicted octanol–water partition coefficient (Wildman–Crippen LogP) is 3.14. The molecule has 0 saturated carbocycles. The van der Waals surface area contributed by atoms with Gasteiger partial charge in [-0.25, -0.2) is 0 Å². The molecule has 0 bridgehead atoms. The lowest BCUT2D eigenvalue weighted by Gasteiger charge is -2.04. The largest absolute Gasteiger partial charge is 0.326 e. The van der Waals surface area contributed by atoms with Gasteiger partial charge in [0.05, 0.1) is 5.38 Å². The number of hydrogen-bond acceptors (Lipinski definition) is 1. The zero-order valence-corrected chi connectivity index (χ0v) is 11.7. The van der Waals surface area contributed by atoms with Crippen LogP contribution in [0.25, 0.3) is 0 Å². The highest BCUT2D eigenvalue weighted by Crippen LogP contribution is 1.99. The lowest BCUT2D eigenvalue weighted by molar-refractivity contribution is 0.765. The van der Waals surface area contributed by atoms with Crippen LogP contribution in [0.4, 0.5) is 0 Å². The van der Waals surface area contributed by atoms with E-state index in [1.165, 1.54) is 0 Å². The van der Waals surface area contributed by atoms with Gasteiger partial charge in [0.2, 0.25) is 0 Å². The Hall–Kier alpha value is -2.87. The molecule has 1 nitrogen and oxygen atoms in total. The highest BCUT2D eigenvalue weighted by atomic mass is 35.5. The van der Waals surface area contributed by atoms with E-state index in [9.17, 15) is 0 Å².